The number of benzene rings is 2. The molecule has 7 nitrogen and oxygen atoms in total. The second-order valence-corrected chi connectivity index (χ2v) is 9.13. The van der Waals surface area contributed by atoms with Crippen molar-refractivity contribution in [3.63, 3.8) is 0 Å². The third-order valence-corrected chi connectivity index (χ3v) is 7.30. The van der Waals surface area contributed by atoms with Gasteiger partial charge in [-0.25, -0.2) is 17.8 Å². The van der Waals surface area contributed by atoms with E-state index in [4.69, 9.17) is 0 Å². The molecule has 0 saturated carbocycles. The van der Waals surface area contributed by atoms with E-state index in [-0.39, 0.29) is 30.4 Å². The Hall–Kier alpha value is -2.78. The van der Waals surface area contributed by atoms with E-state index >= 15 is 0 Å². The van der Waals surface area contributed by atoms with E-state index in [0.717, 1.165) is 29.0 Å². The molecule has 1 fully saturated rings. The van der Waals surface area contributed by atoms with Crippen LogP contribution in [-0.2, 0) is 27.8 Å². The quantitative estimate of drug-likeness (QED) is 0.622. The number of rotatable bonds is 5. The van der Waals surface area contributed by atoms with Crippen LogP contribution in [0.2, 0.25) is 0 Å². The van der Waals surface area contributed by atoms with Gasteiger partial charge in [-0.1, -0.05) is 19.1 Å². The Kier molecular flexibility index (Phi) is 5.57. The fourth-order valence-corrected chi connectivity index (χ4v) is 5.16. The highest BCUT2D eigenvalue weighted by Crippen LogP contribution is 2.20. The number of amides is 1. The number of aryl methyl sites for hydroxylation is 1. The van der Waals surface area contributed by atoms with Gasteiger partial charge in [-0.3, -0.25) is 4.79 Å². The van der Waals surface area contributed by atoms with E-state index in [0.29, 0.717) is 19.5 Å². The molecule has 1 aliphatic heterocycles. The third-order valence-electron chi connectivity index (χ3n) is 5.39. The van der Waals surface area contributed by atoms with Gasteiger partial charge in [0.25, 0.3) is 0 Å². The number of carbonyl (C=O) groups is 1. The molecule has 0 spiro atoms. The first-order valence-corrected chi connectivity index (χ1v) is 11.3. The number of hydrogen-bond acceptors (Lipinski definition) is 4. The summed E-state index contributed by atoms with van der Waals surface area (Å²) in [7, 11) is -3.70. The van der Waals surface area contributed by atoms with Gasteiger partial charge in [-0.15, -0.1) is 0 Å². The zero-order chi connectivity index (χ0) is 21.3. The number of carbonyl (C=O) groups excluding carboxylic acids is 1. The zero-order valence-corrected chi connectivity index (χ0v) is 17.5. The molecule has 2 heterocycles. The van der Waals surface area contributed by atoms with Crippen molar-refractivity contribution < 1.29 is 17.6 Å². The molecular weight excluding hydrogens is 407 g/mol. The normalized spacial score (nSPS) is 15.6. The maximum absolute atomic E-state index is 13.1. The number of hydrogen-bond donors (Lipinski definition) is 0. The Morgan fingerprint density at radius 1 is 1.03 bits per heavy atom. The lowest BCUT2D eigenvalue weighted by molar-refractivity contribution is -0.133. The summed E-state index contributed by atoms with van der Waals surface area (Å²) >= 11 is 0. The lowest BCUT2D eigenvalue weighted by Gasteiger charge is -2.34. The van der Waals surface area contributed by atoms with Crippen LogP contribution >= 0.6 is 0 Å². The second-order valence-electron chi connectivity index (χ2n) is 7.20. The molecule has 2 aromatic carbocycles. The lowest BCUT2D eigenvalue weighted by atomic mass is 10.3. The van der Waals surface area contributed by atoms with Crippen molar-refractivity contribution >= 4 is 27.0 Å². The fourth-order valence-electron chi connectivity index (χ4n) is 3.74. The second kappa shape index (κ2) is 8.16. The SMILES string of the molecule is CCc1nc2ccccc2n1CC(=O)N1CCN(S(=O)(=O)c2ccc(F)cc2)CC1. The standard InChI is InChI=1S/C21H23FN4O3S/c1-2-20-23-18-5-3-4-6-19(18)26(20)15-21(27)24-11-13-25(14-12-24)30(28,29)17-9-7-16(22)8-10-17/h3-10H,2,11-15H2,1H3. The lowest BCUT2D eigenvalue weighted by Crippen LogP contribution is -2.51. The molecule has 0 N–H and O–H groups in total. The highest BCUT2D eigenvalue weighted by atomic mass is 32.2. The van der Waals surface area contributed by atoms with E-state index in [1.54, 1.807) is 4.90 Å². The van der Waals surface area contributed by atoms with Crippen LogP contribution in [0.3, 0.4) is 0 Å². The van der Waals surface area contributed by atoms with Gasteiger partial charge in [0.05, 0.1) is 15.9 Å². The van der Waals surface area contributed by atoms with E-state index in [1.807, 2.05) is 35.8 Å². The highest BCUT2D eigenvalue weighted by molar-refractivity contribution is 7.89. The summed E-state index contributed by atoms with van der Waals surface area (Å²) in [6.45, 7) is 3.21. The summed E-state index contributed by atoms with van der Waals surface area (Å²) in [4.78, 5) is 19.2. The number of para-hydroxylation sites is 2. The minimum absolute atomic E-state index is 0.0566. The van der Waals surface area contributed by atoms with Crippen LogP contribution in [0.1, 0.15) is 12.7 Å². The van der Waals surface area contributed by atoms with Crippen LogP contribution in [0.25, 0.3) is 11.0 Å². The first-order valence-electron chi connectivity index (χ1n) is 9.88. The monoisotopic (exact) mass is 430 g/mol. The molecule has 0 aliphatic carbocycles. The number of aromatic nitrogens is 2. The van der Waals surface area contributed by atoms with Gasteiger partial charge in [-0.2, -0.15) is 4.31 Å². The smallest absolute Gasteiger partial charge is 0.243 e. The van der Waals surface area contributed by atoms with Gasteiger partial charge >= 0.3 is 0 Å². The maximum Gasteiger partial charge on any atom is 0.243 e. The highest BCUT2D eigenvalue weighted by Gasteiger charge is 2.30. The molecule has 0 bridgehead atoms. The molecule has 1 aliphatic rings. The van der Waals surface area contributed by atoms with Crippen molar-refractivity contribution in [2.75, 3.05) is 26.2 Å². The molecule has 4 rings (SSSR count). The fraction of sp³-hybridized carbons (Fsp3) is 0.333. The molecule has 9 heteroatoms. The van der Waals surface area contributed by atoms with Crippen molar-refractivity contribution in [3.05, 3.63) is 60.2 Å². The molecule has 1 saturated heterocycles. The Balaban J connectivity index is 1.45. The molecule has 3 aromatic rings. The van der Waals surface area contributed by atoms with Gasteiger partial charge in [0.15, 0.2) is 0 Å². The number of nitrogens with zero attached hydrogens (tertiary/aromatic N) is 4. The Labute approximate surface area is 174 Å². The first kappa shape index (κ1) is 20.5. The molecule has 30 heavy (non-hydrogen) atoms. The van der Waals surface area contributed by atoms with Crippen molar-refractivity contribution in [2.24, 2.45) is 0 Å². The minimum atomic E-state index is -3.70. The van der Waals surface area contributed by atoms with Gasteiger partial charge in [0.2, 0.25) is 15.9 Å². The van der Waals surface area contributed by atoms with Crippen molar-refractivity contribution in [3.8, 4) is 0 Å². The number of halogens is 1. The summed E-state index contributed by atoms with van der Waals surface area (Å²) < 4.78 is 41.9. The third kappa shape index (κ3) is 3.82. The molecule has 0 radical (unpaired) electrons. The molecule has 0 unspecified atom stereocenters. The van der Waals surface area contributed by atoms with Crippen LogP contribution in [-0.4, -0.2) is 59.3 Å². The molecule has 1 amide bonds. The van der Waals surface area contributed by atoms with Crippen molar-refractivity contribution in [1.82, 2.24) is 18.8 Å². The summed E-state index contributed by atoms with van der Waals surface area (Å²) in [5, 5.41) is 0. The summed E-state index contributed by atoms with van der Waals surface area (Å²) in [5.41, 5.74) is 1.78. The van der Waals surface area contributed by atoms with E-state index < -0.39 is 15.8 Å². The Morgan fingerprint density at radius 2 is 1.70 bits per heavy atom. The molecule has 158 valence electrons. The number of sulfonamides is 1. The predicted octanol–water partition coefficient (Wildman–Crippen LogP) is 2.27. The van der Waals surface area contributed by atoms with Crippen LogP contribution in [0.5, 0.6) is 0 Å². The van der Waals surface area contributed by atoms with E-state index in [9.17, 15) is 17.6 Å². The van der Waals surface area contributed by atoms with Gasteiger partial charge in [0.1, 0.15) is 18.2 Å². The van der Waals surface area contributed by atoms with Gasteiger partial charge in [0, 0.05) is 32.6 Å². The van der Waals surface area contributed by atoms with Crippen molar-refractivity contribution in [2.45, 2.75) is 24.8 Å². The van der Waals surface area contributed by atoms with E-state index in [2.05, 4.69) is 4.98 Å². The summed E-state index contributed by atoms with van der Waals surface area (Å²) in [6, 6.07) is 12.5. The summed E-state index contributed by atoms with van der Waals surface area (Å²) in [5.74, 6) is 0.302. The Morgan fingerprint density at radius 3 is 2.37 bits per heavy atom. The zero-order valence-electron chi connectivity index (χ0n) is 16.7. The topological polar surface area (TPSA) is 75.5 Å². The Bertz CT molecular complexity index is 1170. The van der Waals surface area contributed by atoms with Gasteiger partial charge in [-0.05, 0) is 36.4 Å². The number of imidazole rings is 1. The molecule has 0 atom stereocenters. The van der Waals surface area contributed by atoms with Crippen molar-refractivity contribution in [1.29, 1.82) is 0 Å². The number of piperazine rings is 1. The molecule has 1 aromatic heterocycles. The van der Waals surface area contributed by atoms with Crippen LogP contribution in [0.15, 0.2) is 53.4 Å². The average Bonchev–Trinajstić information content (AvgIpc) is 3.11. The minimum Gasteiger partial charge on any atom is -0.339 e. The largest absolute Gasteiger partial charge is 0.339 e. The predicted molar refractivity (Wildman–Crippen MR) is 111 cm³/mol. The van der Waals surface area contributed by atoms with E-state index in [1.165, 1.54) is 16.4 Å². The van der Waals surface area contributed by atoms with Gasteiger partial charge < -0.3 is 9.47 Å². The van der Waals surface area contributed by atoms with Crippen LogP contribution in [0.4, 0.5) is 4.39 Å². The van der Waals surface area contributed by atoms with Crippen LogP contribution < -0.4 is 0 Å². The molecular formula is C21H23FN4O3S. The average molecular weight is 431 g/mol. The summed E-state index contributed by atoms with van der Waals surface area (Å²) in [6.07, 6.45) is 0.714. The maximum atomic E-state index is 13.1. The van der Waals surface area contributed by atoms with Crippen LogP contribution in [0, 0.1) is 5.82 Å². The number of fused-ring (bicyclic) bond motifs is 1. The first-order chi connectivity index (χ1) is 14.4.